The SMILES string of the molecule is CC(CO)CNC1CCN2CCCC2C1. The van der Waals surface area contributed by atoms with E-state index in [9.17, 15) is 0 Å². The number of nitrogens with one attached hydrogen (secondary N) is 1. The molecule has 0 aromatic heterocycles. The van der Waals surface area contributed by atoms with Gasteiger partial charge < -0.3 is 15.3 Å². The second-order valence-electron chi connectivity index (χ2n) is 5.25. The zero-order chi connectivity index (χ0) is 10.7. The smallest absolute Gasteiger partial charge is 0.0468 e. The molecule has 0 aliphatic carbocycles. The summed E-state index contributed by atoms with van der Waals surface area (Å²) in [7, 11) is 0. The largest absolute Gasteiger partial charge is 0.396 e. The summed E-state index contributed by atoms with van der Waals surface area (Å²) in [5.74, 6) is 0.395. The fraction of sp³-hybridized carbons (Fsp3) is 1.00. The summed E-state index contributed by atoms with van der Waals surface area (Å²) < 4.78 is 0. The molecule has 3 heteroatoms. The summed E-state index contributed by atoms with van der Waals surface area (Å²) in [5.41, 5.74) is 0. The Morgan fingerprint density at radius 1 is 1.40 bits per heavy atom. The minimum absolute atomic E-state index is 0.301. The quantitative estimate of drug-likeness (QED) is 0.724. The number of fused-ring (bicyclic) bond motifs is 1. The first-order valence-electron chi connectivity index (χ1n) is 6.38. The van der Waals surface area contributed by atoms with Crippen molar-refractivity contribution < 1.29 is 5.11 Å². The molecule has 0 spiro atoms. The van der Waals surface area contributed by atoms with Gasteiger partial charge in [-0.1, -0.05) is 6.92 Å². The molecule has 2 heterocycles. The van der Waals surface area contributed by atoms with Gasteiger partial charge in [0.15, 0.2) is 0 Å². The number of piperidine rings is 1. The van der Waals surface area contributed by atoms with E-state index in [4.69, 9.17) is 5.11 Å². The molecule has 3 nitrogen and oxygen atoms in total. The third-order valence-corrected chi connectivity index (χ3v) is 3.89. The maximum atomic E-state index is 8.97. The molecular formula is C12H24N2O. The van der Waals surface area contributed by atoms with Crippen LogP contribution in [0.1, 0.15) is 32.6 Å². The number of aliphatic hydroxyl groups is 1. The summed E-state index contributed by atoms with van der Waals surface area (Å²) in [6, 6.07) is 1.54. The van der Waals surface area contributed by atoms with Gasteiger partial charge >= 0.3 is 0 Å². The first-order chi connectivity index (χ1) is 7.29. The lowest BCUT2D eigenvalue weighted by atomic mass is 9.97. The van der Waals surface area contributed by atoms with Crippen LogP contribution in [0.5, 0.6) is 0 Å². The maximum Gasteiger partial charge on any atom is 0.0468 e. The van der Waals surface area contributed by atoms with E-state index in [0.29, 0.717) is 18.6 Å². The Bertz CT molecular complexity index is 198. The molecule has 2 aliphatic heterocycles. The maximum absolute atomic E-state index is 8.97. The zero-order valence-corrected chi connectivity index (χ0v) is 9.78. The van der Waals surface area contributed by atoms with Gasteiger partial charge in [-0.25, -0.2) is 0 Å². The van der Waals surface area contributed by atoms with Crippen molar-refractivity contribution in [1.29, 1.82) is 0 Å². The standard InChI is InChI=1S/C12H24N2O/c1-10(9-15)8-13-11-4-6-14-5-2-3-12(14)7-11/h10-13,15H,2-9H2,1H3. The van der Waals surface area contributed by atoms with E-state index in [1.165, 1.54) is 38.8 Å². The van der Waals surface area contributed by atoms with Crippen molar-refractivity contribution in [3.05, 3.63) is 0 Å². The first-order valence-corrected chi connectivity index (χ1v) is 6.38. The highest BCUT2D eigenvalue weighted by Crippen LogP contribution is 2.26. The molecule has 0 radical (unpaired) electrons. The zero-order valence-electron chi connectivity index (χ0n) is 9.78. The van der Waals surface area contributed by atoms with E-state index in [1.54, 1.807) is 0 Å². The molecule has 0 aromatic rings. The minimum Gasteiger partial charge on any atom is -0.396 e. The molecule has 3 atom stereocenters. The van der Waals surface area contributed by atoms with Crippen molar-refractivity contribution in [3.8, 4) is 0 Å². The molecule has 0 bridgehead atoms. The summed E-state index contributed by atoms with van der Waals surface area (Å²) in [5, 5.41) is 12.6. The molecule has 2 N–H and O–H groups in total. The van der Waals surface area contributed by atoms with Crippen LogP contribution in [0.2, 0.25) is 0 Å². The van der Waals surface area contributed by atoms with E-state index in [1.807, 2.05) is 0 Å². The van der Waals surface area contributed by atoms with E-state index in [2.05, 4.69) is 17.1 Å². The third-order valence-electron chi connectivity index (χ3n) is 3.89. The van der Waals surface area contributed by atoms with Crippen molar-refractivity contribution >= 4 is 0 Å². The average Bonchev–Trinajstić information content (AvgIpc) is 2.72. The molecule has 0 saturated carbocycles. The van der Waals surface area contributed by atoms with Gasteiger partial charge in [-0.15, -0.1) is 0 Å². The van der Waals surface area contributed by atoms with Crippen molar-refractivity contribution in [2.75, 3.05) is 26.2 Å². The van der Waals surface area contributed by atoms with Gasteiger partial charge in [0, 0.05) is 25.2 Å². The van der Waals surface area contributed by atoms with Crippen LogP contribution < -0.4 is 5.32 Å². The van der Waals surface area contributed by atoms with Crippen molar-refractivity contribution in [3.63, 3.8) is 0 Å². The second kappa shape index (κ2) is 5.28. The molecule has 0 amide bonds. The van der Waals surface area contributed by atoms with Crippen LogP contribution in [-0.2, 0) is 0 Å². The van der Waals surface area contributed by atoms with Gasteiger partial charge in [-0.2, -0.15) is 0 Å². The Kier molecular flexibility index (Phi) is 4.00. The van der Waals surface area contributed by atoms with Crippen LogP contribution in [0.3, 0.4) is 0 Å². The van der Waals surface area contributed by atoms with Crippen LogP contribution >= 0.6 is 0 Å². The molecule has 88 valence electrons. The highest BCUT2D eigenvalue weighted by Gasteiger charge is 2.31. The highest BCUT2D eigenvalue weighted by atomic mass is 16.3. The van der Waals surface area contributed by atoms with Crippen LogP contribution in [0.25, 0.3) is 0 Å². The summed E-state index contributed by atoms with van der Waals surface area (Å²) in [4.78, 5) is 2.65. The molecule has 2 saturated heterocycles. The monoisotopic (exact) mass is 212 g/mol. The summed E-state index contributed by atoms with van der Waals surface area (Å²) in [6.07, 6.45) is 5.39. The van der Waals surface area contributed by atoms with Gasteiger partial charge in [-0.05, 0) is 44.7 Å². The average molecular weight is 212 g/mol. The predicted molar refractivity (Wildman–Crippen MR) is 61.9 cm³/mol. The lowest BCUT2D eigenvalue weighted by Gasteiger charge is -2.35. The van der Waals surface area contributed by atoms with Crippen molar-refractivity contribution in [1.82, 2.24) is 10.2 Å². The topological polar surface area (TPSA) is 35.5 Å². The number of hydrogen-bond acceptors (Lipinski definition) is 3. The van der Waals surface area contributed by atoms with Crippen molar-refractivity contribution in [2.45, 2.75) is 44.7 Å². The molecule has 0 aromatic carbocycles. The number of rotatable bonds is 4. The van der Waals surface area contributed by atoms with E-state index in [0.717, 1.165) is 12.6 Å². The fourth-order valence-corrected chi connectivity index (χ4v) is 2.84. The molecular weight excluding hydrogens is 188 g/mol. The highest BCUT2D eigenvalue weighted by molar-refractivity contribution is 4.89. The third kappa shape index (κ3) is 2.92. The van der Waals surface area contributed by atoms with E-state index in [-0.39, 0.29) is 0 Å². The molecule has 2 rings (SSSR count). The number of hydrogen-bond donors (Lipinski definition) is 2. The van der Waals surface area contributed by atoms with Gasteiger partial charge in [-0.3, -0.25) is 0 Å². The van der Waals surface area contributed by atoms with Crippen LogP contribution in [0.15, 0.2) is 0 Å². The Labute approximate surface area is 92.8 Å². The lowest BCUT2D eigenvalue weighted by Crippen LogP contribution is -2.46. The van der Waals surface area contributed by atoms with E-state index >= 15 is 0 Å². The summed E-state index contributed by atoms with van der Waals surface area (Å²) in [6.45, 7) is 5.96. The Morgan fingerprint density at radius 3 is 3.07 bits per heavy atom. The number of aliphatic hydroxyl groups excluding tert-OH is 1. The second-order valence-corrected chi connectivity index (χ2v) is 5.25. The predicted octanol–water partition coefficient (Wildman–Crippen LogP) is 0.831. The van der Waals surface area contributed by atoms with Gasteiger partial charge in [0.1, 0.15) is 0 Å². The Morgan fingerprint density at radius 2 is 2.27 bits per heavy atom. The fourth-order valence-electron chi connectivity index (χ4n) is 2.84. The molecule has 3 unspecified atom stereocenters. The van der Waals surface area contributed by atoms with Crippen LogP contribution in [-0.4, -0.2) is 48.3 Å². The van der Waals surface area contributed by atoms with Crippen molar-refractivity contribution in [2.24, 2.45) is 5.92 Å². The first kappa shape index (κ1) is 11.4. The van der Waals surface area contributed by atoms with Gasteiger partial charge in [0.25, 0.3) is 0 Å². The van der Waals surface area contributed by atoms with Crippen LogP contribution in [0.4, 0.5) is 0 Å². The van der Waals surface area contributed by atoms with Gasteiger partial charge in [0.05, 0.1) is 0 Å². The Hall–Kier alpha value is -0.120. The number of nitrogens with zero attached hydrogens (tertiary/aromatic N) is 1. The van der Waals surface area contributed by atoms with Crippen LogP contribution in [0, 0.1) is 5.92 Å². The molecule has 2 fully saturated rings. The summed E-state index contributed by atoms with van der Waals surface area (Å²) >= 11 is 0. The van der Waals surface area contributed by atoms with E-state index < -0.39 is 0 Å². The molecule has 15 heavy (non-hydrogen) atoms. The van der Waals surface area contributed by atoms with Gasteiger partial charge in [0.2, 0.25) is 0 Å². The molecule has 2 aliphatic rings. The lowest BCUT2D eigenvalue weighted by molar-refractivity contribution is 0.159. The Balaban J connectivity index is 1.71. The normalized spacial score (nSPS) is 34.0. The minimum atomic E-state index is 0.301.